The maximum Gasteiger partial charge on any atom is 0.337 e. The van der Waals surface area contributed by atoms with Crippen molar-refractivity contribution in [1.82, 2.24) is 0 Å². The summed E-state index contributed by atoms with van der Waals surface area (Å²) in [5.41, 5.74) is 0. The van der Waals surface area contributed by atoms with Gasteiger partial charge < -0.3 is 9.05 Å². The maximum atomic E-state index is 12.1. The molecule has 0 heterocycles. The van der Waals surface area contributed by atoms with Crippen molar-refractivity contribution < 1.29 is 18.4 Å². The van der Waals surface area contributed by atoms with Crippen LogP contribution in [-0.4, -0.2) is 26.2 Å². The molecule has 0 bridgehead atoms. The van der Waals surface area contributed by atoms with Gasteiger partial charge in [0, 0.05) is 20.1 Å². The molecule has 106 valence electrons. The lowest BCUT2D eigenvalue weighted by molar-refractivity contribution is -0.120. The summed E-state index contributed by atoms with van der Waals surface area (Å²) in [7, 11) is -0.535. The molecular weight excluding hydrogens is 251 g/mol. The van der Waals surface area contributed by atoms with E-state index >= 15 is 0 Å². The fourth-order valence-electron chi connectivity index (χ4n) is 2.68. The monoisotopic (exact) mass is 276 g/mol. The predicted molar refractivity (Wildman–Crippen MR) is 71.8 cm³/mol. The van der Waals surface area contributed by atoms with Gasteiger partial charge in [0.15, 0.2) is 0 Å². The lowest BCUT2D eigenvalue weighted by Gasteiger charge is -2.18. The van der Waals surface area contributed by atoms with Crippen LogP contribution in [0.4, 0.5) is 0 Å². The Morgan fingerprint density at radius 3 is 2.44 bits per heavy atom. The quantitative estimate of drug-likeness (QED) is 0.668. The van der Waals surface area contributed by atoms with E-state index in [1.165, 1.54) is 14.2 Å². The molecule has 1 aliphatic carbocycles. The van der Waals surface area contributed by atoms with E-state index in [-0.39, 0.29) is 17.9 Å². The van der Waals surface area contributed by atoms with E-state index in [1.54, 1.807) is 0 Å². The van der Waals surface area contributed by atoms with Crippen LogP contribution in [-0.2, 0) is 18.4 Å². The van der Waals surface area contributed by atoms with Crippen LogP contribution in [0.2, 0.25) is 0 Å². The molecule has 0 spiro atoms. The summed E-state index contributed by atoms with van der Waals surface area (Å²) in [5, 5.41) is 0. The van der Waals surface area contributed by atoms with Crippen LogP contribution in [0.15, 0.2) is 0 Å². The molecule has 3 atom stereocenters. The summed E-state index contributed by atoms with van der Waals surface area (Å²) < 4.78 is 21.6. The van der Waals surface area contributed by atoms with E-state index in [2.05, 4.69) is 13.8 Å². The van der Waals surface area contributed by atoms with Crippen molar-refractivity contribution in [3.05, 3.63) is 0 Å². The zero-order valence-corrected chi connectivity index (χ0v) is 12.7. The van der Waals surface area contributed by atoms with Crippen LogP contribution in [0.25, 0.3) is 0 Å². The molecule has 0 radical (unpaired) electrons. The van der Waals surface area contributed by atoms with Gasteiger partial charge in [0.25, 0.3) is 0 Å². The molecule has 3 unspecified atom stereocenters. The normalized spacial score (nSPS) is 26.2. The molecule has 0 aromatic heterocycles. The lowest BCUT2D eigenvalue weighted by Crippen LogP contribution is -2.18. The van der Waals surface area contributed by atoms with Gasteiger partial charge in [-0.3, -0.25) is 9.36 Å². The van der Waals surface area contributed by atoms with Crippen molar-refractivity contribution in [2.45, 2.75) is 39.5 Å². The minimum absolute atomic E-state index is 0.0350. The molecule has 1 saturated carbocycles. The van der Waals surface area contributed by atoms with Crippen LogP contribution in [0.5, 0.6) is 0 Å². The fraction of sp³-hybridized carbons (Fsp3) is 0.923. The summed E-state index contributed by atoms with van der Waals surface area (Å²) in [6.07, 6.45) is 4.02. The average Bonchev–Trinajstić information content (AvgIpc) is 2.87. The molecule has 0 aliphatic heterocycles. The number of hydrogen-bond acceptors (Lipinski definition) is 4. The summed E-state index contributed by atoms with van der Waals surface area (Å²) in [6.45, 7) is 4.43. The highest BCUT2D eigenvalue weighted by molar-refractivity contribution is 7.54. The average molecular weight is 276 g/mol. The van der Waals surface area contributed by atoms with Gasteiger partial charge in [0.2, 0.25) is 0 Å². The van der Waals surface area contributed by atoms with E-state index in [4.69, 9.17) is 9.05 Å². The second-order valence-electron chi connectivity index (χ2n) is 5.26. The van der Waals surface area contributed by atoms with Crippen molar-refractivity contribution in [2.24, 2.45) is 17.8 Å². The third-order valence-corrected chi connectivity index (χ3v) is 6.09. The summed E-state index contributed by atoms with van der Waals surface area (Å²) >= 11 is 0. The predicted octanol–water partition coefficient (Wildman–Crippen LogP) is 3.50. The molecular formula is C13H25O4P. The Labute approximate surface area is 110 Å². The SMILES string of the molecule is CCC(C)C1CCC(C(=O)CP(=O)(OC)OC)C1. The molecule has 1 fully saturated rings. The van der Waals surface area contributed by atoms with Gasteiger partial charge in [-0.1, -0.05) is 20.3 Å². The molecule has 0 saturated heterocycles. The van der Waals surface area contributed by atoms with Crippen LogP contribution >= 0.6 is 7.60 Å². The summed E-state index contributed by atoms with van der Waals surface area (Å²) in [5.74, 6) is 1.38. The largest absolute Gasteiger partial charge is 0.337 e. The van der Waals surface area contributed by atoms with E-state index in [0.29, 0.717) is 11.8 Å². The second kappa shape index (κ2) is 6.83. The number of carbonyl (C=O) groups is 1. The Balaban J connectivity index is 2.52. The zero-order valence-electron chi connectivity index (χ0n) is 11.8. The van der Waals surface area contributed by atoms with Crippen molar-refractivity contribution in [3.8, 4) is 0 Å². The van der Waals surface area contributed by atoms with Crippen molar-refractivity contribution in [2.75, 3.05) is 20.4 Å². The van der Waals surface area contributed by atoms with Crippen LogP contribution in [0.3, 0.4) is 0 Å². The highest BCUT2D eigenvalue weighted by Crippen LogP contribution is 2.48. The maximum absolute atomic E-state index is 12.1. The Morgan fingerprint density at radius 2 is 1.94 bits per heavy atom. The van der Waals surface area contributed by atoms with Gasteiger partial charge in [0.1, 0.15) is 11.9 Å². The van der Waals surface area contributed by atoms with Gasteiger partial charge in [-0.15, -0.1) is 0 Å². The molecule has 0 aromatic rings. The van der Waals surface area contributed by atoms with E-state index in [9.17, 15) is 9.36 Å². The number of Topliss-reactive ketones (excluding diaryl/α,β-unsaturated/α-hetero) is 1. The lowest BCUT2D eigenvalue weighted by atomic mass is 9.89. The van der Waals surface area contributed by atoms with Gasteiger partial charge >= 0.3 is 7.60 Å². The first-order chi connectivity index (χ1) is 8.45. The first-order valence-electron chi connectivity index (χ1n) is 6.69. The number of ketones is 1. The Bertz CT molecular complexity index is 321. The Kier molecular flexibility index (Phi) is 6.03. The second-order valence-corrected chi connectivity index (χ2v) is 7.52. The minimum Gasteiger partial charge on any atom is -0.312 e. The highest BCUT2D eigenvalue weighted by atomic mass is 31.2. The van der Waals surface area contributed by atoms with Gasteiger partial charge in [0.05, 0.1) is 0 Å². The molecule has 4 nitrogen and oxygen atoms in total. The minimum atomic E-state index is -3.19. The molecule has 1 rings (SSSR count). The van der Waals surface area contributed by atoms with Gasteiger partial charge in [-0.25, -0.2) is 0 Å². The third kappa shape index (κ3) is 3.91. The molecule has 0 amide bonds. The van der Waals surface area contributed by atoms with E-state index in [0.717, 1.165) is 25.7 Å². The number of hydrogen-bond donors (Lipinski definition) is 0. The van der Waals surface area contributed by atoms with Crippen molar-refractivity contribution in [3.63, 3.8) is 0 Å². The summed E-state index contributed by atoms with van der Waals surface area (Å²) in [6, 6.07) is 0. The van der Waals surface area contributed by atoms with Crippen molar-refractivity contribution in [1.29, 1.82) is 0 Å². The smallest absolute Gasteiger partial charge is 0.312 e. The molecule has 5 heteroatoms. The van der Waals surface area contributed by atoms with Crippen LogP contribution in [0, 0.1) is 17.8 Å². The Hall–Kier alpha value is -0.180. The van der Waals surface area contributed by atoms with Crippen LogP contribution < -0.4 is 0 Å². The summed E-state index contributed by atoms with van der Waals surface area (Å²) in [4.78, 5) is 12.1. The molecule has 18 heavy (non-hydrogen) atoms. The molecule has 0 aromatic carbocycles. The van der Waals surface area contributed by atoms with E-state index < -0.39 is 7.60 Å². The molecule has 0 N–H and O–H groups in total. The number of rotatable bonds is 7. The van der Waals surface area contributed by atoms with E-state index in [1.807, 2.05) is 0 Å². The van der Waals surface area contributed by atoms with Crippen LogP contribution in [0.1, 0.15) is 39.5 Å². The van der Waals surface area contributed by atoms with Crippen molar-refractivity contribution >= 4 is 13.4 Å². The molecule has 1 aliphatic rings. The fourth-order valence-corrected chi connectivity index (χ4v) is 3.73. The highest BCUT2D eigenvalue weighted by Gasteiger charge is 2.35. The Morgan fingerprint density at radius 1 is 1.33 bits per heavy atom. The van der Waals surface area contributed by atoms with Gasteiger partial charge in [-0.05, 0) is 31.1 Å². The first kappa shape index (κ1) is 15.9. The first-order valence-corrected chi connectivity index (χ1v) is 8.41. The van der Waals surface area contributed by atoms with Gasteiger partial charge in [-0.2, -0.15) is 0 Å². The topological polar surface area (TPSA) is 52.6 Å². The third-order valence-electron chi connectivity index (χ3n) is 4.28. The zero-order chi connectivity index (χ0) is 13.8. The number of carbonyl (C=O) groups excluding carboxylic acids is 1. The standard InChI is InChI=1S/C13H25O4P/c1-5-10(2)11-6-7-12(8-11)13(14)9-18(15,16-3)17-4/h10-12H,5-9H2,1-4H3.